The van der Waals surface area contributed by atoms with Gasteiger partial charge in [0.25, 0.3) is 6.41 Å². The van der Waals surface area contributed by atoms with E-state index in [2.05, 4.69) is 6.92 Å². The van der Waals surface area contributed by atoms with Gasteiger partial charge in [0.1, 0.15) is 5.75 Å². The molecule has 0 saturated carbocycles. The molecule has 13 heavy (non-hydrogen) atoms. The smallest absolute Gasteiger partial charge is 0.281 e. The molecule has 0 spiro atoms. The van der Waals surface area contributed by atoms with Crippen LogP contribution in [0, 0.1) is 0 Å². The molecule has 2 rings (SSSR count). The number of rotatable bonds is 2. The van der Waals surface area contributed by atoms with Crippen LogP contribution in [0.15, 0.2) is 24.3 Å². The number of fused-ring (bicyclic) bond motifs is 1. The second-order valence-electron chi connectivity index (χ2n) is 3.11. The minimum absolute atomic E-state index is 0.767. The number of aliphatic hydroxyl groups excluding tert-OH is 1. The topological polar surface area (TPSA) is 32.7 Å². The Balaban J connectivity index is 2.29. The number of hydrogen-bond donors (Lipinski definition) is 1. The highest BCUT2D eigenvalue weighted by Crippen LogP contribution is 2.35. The Morgan fingerprint density at radius 3 is 3.00 bits per heavy atom. The van der Waals surface area contributed by atoms with Gasteiger partial charge in [0.2, 0.25) is 0 Å². The van der Waals surface area contributed by atoms with Crippen LogP contribution in [0.1, 0.15) is 13.3 Å². The van der Waals surface area contributed by atoms with Gasteiger partial charge < -0.3 is 14.7 Å². The average molecular weight is 179 g/mol. The standard InChI is InChI=1S/C10H13NO2/c1-2-7-11-8-5-3-4-6-9(8)13-10(11)12/h3-6,10,12H,2,7H2,1H3. The van der Waals surface area contributed by atoms with Crippen LogP contribution >= 0.6 is 0 Å². The van der Waals surface area contributed by atoms with E-state index in [9.17, 15) is 5.11 Å². The summed E-state index contributed by atoms with van der Waals surface area (Å²) >= 11 is 0. The lowest BCUT2D eigenvalue weighted by atomic mass is 10.3. The van der Waals surface area contributed by atoms with E-state index in [4.69, 9.17) is 4.74 Å². The maximum atomic E-state index is 9.55. The molecule has 0 amide bonds. The predicted octanol–water partition coefficient (Wildman–Crippen LogP) is 1.57. The molecule has 0 radical (unpaired) electrons. The van der Waals surface area contributed by atoms with E-state index in [-0.39, 0.29) is 0 Å². The van der Waals surface area contributed by atoms with Gasteiger partial charge in [-0.15, -0.1) is 0 Å². The number of ether oxygens (including phenoxy) is 1. The van der Waals surface area contributed by atoms with Crippen molar-refractivity contribution < 1.29 is 9.84 Å². The number of benzene rings is 1. The summed E-state index contributed by atoms with van der Waals surface area (Å²) in [6.45, 7) is 2.89. The zero-order valence-corrected chi connectivity index (χ0v) is 7.60. The fourth-order valence-electron chi connectivity index (χ4n) is 1.56. The van der Waals surface area contributed by atoms with Gasteiger partial charge in [0, 0.05) is 6.54 Å². The minimum atomic E-state index is -0.808. The number of anilines is 1. The third-order valence-electron chi connectivity index (χ3n) is 2.14. The molecule has 0 saturated heterocycles. The quantitative estimate of drug-likeness (QED) is 0.748. The van der Waals surface area contributed by atoms with Crippen molar-refractivity contribution in [3.05, 3.63) is 24.3 Å². The van der Waals surface area contributed by atoms with E-state index in [1.165, 1.54) is 0 Å². The van der Waals surface area contributed by atoms with Crippen molar-refractivity contribution in [1.82, 2.24) is 0 Å². The van der Waals surface area contributed by atoms with Crippen LogP contribution in [-0.2, 0) is 0 Å². The molecule has 3 heteroatoms. The zero-order valence-electron chi connectivity index (χ0n) is 7.60. The Morgan fingerprint density at radius 2 is 2.23 bits per heavy atom. The Morgan fingerprint density at radius 1 is 1.46 bits per heavy atom. The molecule has 0 bridgehead atoms. The normalized spacial score (nSPS) is 19.8. The molecule has 1 aliphatic heterocycles. The molecule has 70 valence electrons. The Labute approximate surface area is 77.6 Å². The maximum absolute atomic E-state index is 9.55. The number of hydrogen-bond acceptors (Lipinski definition) is 3. The van der Waals surface area contributed by atoms with Gasteiger partial charge in [-0.1, -0.05) is 19.1 Å². The fourth-order valence-corrected chi connectivity index (χ4v) is 1.56. The summed E-state index contributed by atoms with van der Waals surface area (Å²) in [5, 5.41) is 9.55. The summed E-state index contributed by atoms with van der Waals surface area (Å²) < 4.78 is 5.25. The monoisotopic (exact) mass is 179 g/mol. The van der Waals surface area contributed by atoms with Crippen LogP contribution in [0.3, 0.4) is 0 Å². The molecule has 1 aliphatic rings. The van der Waals surface area contributed by atoms with Crippen molar-refractivity contribution in [1.29, 1.82) is 0 Å². The van der Waals surface area contributed by atoms with Crippen LogP contribution in [0.4, 0.5) is 5.69 Å². The van der Waals surface area contributed by atoms with Gasteiger partial charge in [-0.05, 0) is 18.6 Å². The summed E-state index contributed by atoms with van der Waals surface area (Å²) in [4.78, 5) is 1.86. The molecule has 0 aromatic heterocycles. The first-order valence-corrected chi connectivity index (χ1v) is 4.53. The SMILES string of the molecule is CCCN1c2ccccc2OC1O. The molecule has 0 fully saturated rings. The summed E-state index contributed by atoms with van der Waals surface area (Å²) in [6, 6.07) is 7.68. The van der Waals surface area contributed by atoms with E-state index in [0.29, 0.717) is 0 Å². The highest BCUT2D eigenvalue weighted by molar-refractivity contribution is 5.61. The molecule has 1 aromatic carbocycles. The van der Waals surface area contributed by atoms with E-state index >= 15 is 0 Å². The second kappa shape index (κ2) is 3.26. The molecule has 0 aliphatic carbocycles. The third kappa shape index (κ3) is 1.35. The first-order chi connectivity index (χ1) is 6.33. The molecule has 1 heterocycles. The Hall–Kier alpha value is -1.22. The van der Waals surface area contributed by atoms with Gasteiger partial charge in [-0.3, -0.25) is 0 Å². The van der Waals surface area contributed by atoms with Crippen molar-refractivity contribution in [3.8, 4) is 5.75 Å². The Bertz CT molecular complexity index is 301. The zero-order chi connectivity index (χ0) is 9.26. The van der Waals surface area contributed by atoms with Gasteiger partial charge >= 0.3 is 0 Å². The second-order valence-corrected chi connectivity index (χ2v) is 3.11. The number of nitrogens with zero attached hydrogens (tertiary/aromatic N) is 1. The van der Waals surface area contributed by atoms with Gasteiger partial charge in [0.05, 0.1) is 5.69 Å². The molecule has 3 nitrogen and oxygen atoms in total. The lowest BCUT2D eigenvalue weighted by molar-refractivity contribution is -0.00259. The number of para-hydroxylation sites is 2. The fraction of sp³-hybridized carbons (Fsp3) is 0.400. The highest BCUT2D eigenvalue weighted by atomic mass is 16.6. The summed E-state index contributed by atoms with van der Waals surface area (Å²) in [5.74, 6) is 0.767. The molecular weight excluding hydrogens is 166 g/mol. The van der Waals surface area contributed by atoms with E-state index < -0.39 is 6.41 Å². The van der Waals surface area contributed by atoms with Crippen LogP contribution < -0.4 is 9.64 Å². The molecule has 1 unspecified atom stereocenters. The predicted molar refractivity (Wildman–Crippen MR) is 50.7 cm³/mol. The van der Waals surface area contributed by atoms with E-state index in [1.54, 1.807) is 0 Å². The summed E-state index contributed by atoms with van der Waals surface area (Å²) in [6.07, 6.45) is 0.187. The number of aliphatic hydroxyl groups is 1. The van der Waals surface area contributed by atoms with Crippen LogP contribution in [0.2, 0.25) is 0 Å². The Kier molecular flexibility index (Phi) is 2.10. The van der Waals surface area contributed by atoms with Gasteiger partial charge in [-0.2, -0.15) is 0 Å². The van der Waals surface area contributed by atoms with Crippen molar-refractivity contribution in [2.75, 3.05) is 11.4 Å². The molecule has 1 N–H and O–H groups in total. The molecule has 1 atom stereocenters. The first-order valence-electron chi connectivity index (χ1n) is 4.53. The van der Waals surface area contributed by atoms with Crippen molar-refractivity contribution in [2.24, 2.45) is 0 Å². The molecular formula is C10H13NO2. The van der Waals surface area contributed by atoms with E-state index in [0.717, 1.165) is 24.4 Å². The average Bonchev–Trinajstić information content (AvgIpc) is 2.44. The van der Waals surface area contributed by atoms with Crippen molar-refractivity contribution in [2.45, 2.75) is 19.8 Å². The summed E-state index contributed by atoms with van der Waals surface area (Å²) in [5.41, 5.74) is 0.983. The lowest BCUT2D eigenvalue weighted by Gasteiger charge is -2.19. The van der Waals surface area contributed by atoms with Crippen LogP contribution in [0.25, 0.3) is 0 Å². The largest absolute Gasteiger partial charge is 0.445 e. The first kappa shape index (κ1) is 8.38. The van der Waals surface area contributed by atoms with Crippen LogP contribution in [-0.4, -0.2) is 18.1 Å². The lowest BCUT2D eigenvalue weighted by Crippen LogP contribution is -2.34. The highest BCUT2D eigenvalue weighted by Gasteiger charge is 2.27. The van der Waals surface area contributed by atoms with Crippen molar-refractivity contribution in [3.63, 3.8) is 0 Å². The van der Waals surface area contributed by atoms with Crippen LogP contribution in [0.5, 0.6) is 5.75 Å². The van der Waals surface area contributed by atoms with E-state index in [1.807, 2.05) is 29.2 Å². The third-order valence-corrected chi connectivity index (χ3v) is 2.14. The van der Waals surface area contributed by atoms with Gasteiger partial charge in [0.15, 0.2) is 0 Å². The van der Waals surface area contributed by atoms with Gasteiger partial charge in [-0.25, -0.2) is 0 Å². The maximum Gasteiger partial charge on any atom is 0.281 e. The van der Waals surface area contributed by atoms with Crippen molar-refractivity contribution >= 4 is 5.69 Å². The summed E-state index contributed by atoms with van der Waals surface area (Å²) in [7, 11) is 0. The molecule has 1 aromatic rings. The minimum Gasteiger partial charge on any atom is -0.445 e.